The van der Waals surface area contributed by atoms with Crippen molar-refractivity contribution in [3.05, 3.63) is 66.0 Å². The van der Waals surface area contributed by atoms with Crippen molar-refractivity contribution in [2.45, 2.75) is 40.2 Å². The molecule has 0 radical (unpaired) electrons. The monoisotopic (exact) mass is 242 g/mol. The van der Waals surface area contributed by atoms with E-state index in [0.29, 0.717) is 5.92 Å². The Morgan fingerprint density at radius 3 is 2.11 bits per heavy atom. The Kier molecular flexibility index (Phi) is 6.13. The maximum Gasteiger partial charge on any atom is 0.184 e. The number of rotatable bonds is 3. The van der Waals surface area contributed by atoms with E-state index < -0.39 is 0 Å². The Hall–Kier alpha value is -1.63. The molecular formula is C17H24N+. The molecule has 0 N–H and O–H groups in total. The van der Waals surface area contributed by atoms with E-state index >= 15 is 0 Å². The molecule has 96 valence electrons. The molecule has 0 bridgehead atoms. The van der Waals surface area contributed by atoms with Crippen molar-refractivity contribution in [1.82, 2.24) is 0 Å². The van der Waals surface area contributed by atoms with Crippen LogP contribution in [-0.2, 0) is 6.54 Å². The van der Waals surface area contributed by atoms with Gasteiger partial charge in [-0.25, -0.2) is 0 Å². The van der Waals surface area contributed by atoms with Crippen LogP contribution >= 0.6 is 0 Å². The van der Waals surface area contributed by atoms with Crippen LogP contribution in [0.5, 0.6) is 0 Å². The highest BCUT2D eigenvalue weighted by atomic mass is 15.0. The van der Waals surface area contributed by atoms with E-state index in [9.17, 15) is 0 Å². The second-order valence-corrected chi connectivity index (χ2v) is 4.39. The van der Waals surface area contributed by atoms with Crippen molar-refractivity contribution < 1.29 is 4.57 Å². The molecule has 1 aromatic carbocycles. The quantitative estimate of drug-likeness (QED) is 0.711. The first kappa shape index (κ1) is 14.4. The summed E-state index contributed by atoms with van der Waals surface area (Å²) in [5, 5.41) is 0. The van der Waals surface area contributed by atoms with Gasteiger partial charge in [-0.2, -0.15) is 4.57 Å². The van der Waals surface area contributed by atoms with Crippen LogP contribution in [0.3, 0.4) is 0 Å². The molecule has 0 amide bonds. The van der Waals surface area contributed by atoms with Gasteiger partial charge in [0.2, 0.25) is 0 Å². The smallest absolute Gasteiger partial charge is 0.184 e. The molecule has 2 aromatic rings. The Morgan fingerprint density at radius 2 is 1.50 bits per heavy atom. The van der Waals surface area contributed by atoms with Gasteiger partial charge < -0.3 is 0 Å². The average molecular weight is 242 g/mol. The lowest BCUT2D eigenvalue weighted by Gasteiger charge is -2.06. The molecule has 0 fully saturated rings. The van der Waals surface area contributed by atoms with Gasteiger partial charge in [0.15, 0.2) is 18.4 Å². The fourth-order valence-electron chi connectivity index (χ4n) is 1.94. The number of hydrogen-bond acceptors (Lipinski definition) is 0. The normalized spacial score (nSPS) is 9.83. The Morgan fingerprint density at radius 1 is 0.889 bits per heavy atom. The average Bonchev–Trinajstić information content (AvgIpc) is 2.42. The summed E-state index contributed by atoms with van der Waals surface area (Å²) in [5.41, 5.74) is 2.73. The number of nitrogens with zero attached hydrogens (tertiary/aromatic N) is 1. The van der Waals surface area contributed by atoms with Crippen LogP contribution in [-0.4, -0.2) is 0 Å². The van der Waals surface area contributed by atoms with Gasteiger partial charge in [0.1, 0.15) is 0 Å². The van der Waals surface area contributed by atoms with Crippen molar-refractivity contribution >= 4 is 0 Å². The number of aromatic nitrogens is 1. The molecule has 18 heavy (non-hydrogen) atoms. The zero-order chi connectivity index (χ0) is 13.4. The summed E-state index contributed by atoms with van der Waals surface area (Å²) in [5.74, 6) is 0.560. The molecule has 2 rings (SSSR count). The van der Waals surface area contributed by atoms with Crippen molar-refractivity contribution in [2.75, 3.05) is 0 Å². The molecule has 0 aliphatic heterocycles. The summed E-state index contributed by atoms with van der Waals surface area (Å²) in [6.45, 7) is 9.42. The minimum atomic E-state index is 0.560. The second kappa shape index (κ2) is 7.65. The summed E-state index contributed by atoms with van der Waals surface area (Å²) in [6.07, 6.45) is 2.16. The molecule has 1 nitrogen and oxygen atoms in total. The van der Waals surface area contributed by atoms with Crippen LogP contribution in [0, 0.1) is 0 Å². The second-order valence-electron chi connectivity index (χ2n) is 4.39. The van der Waals surface area contributed by atoms with Gasteiger partial charge in [-0.1, -0.05) is 64.1 Å². The molecule has 0 saturated heterocycles. The molecule has 0 unspecified atom stereocenters. The minimum Gasteiger partial charge on any atom is -0.198 e. The molecule has 0 aliphatic carbocycles. The zero-order valence-electron chi connectivity index (χ0n) is 11.9. The molecule has 0 saturated carbocycles. The predicted octanol–water partition coefficient (Wildman–Crippen LogP) is 4.17. The third-order valence-electron chi connectivity index (χ3n) is 2.76. The van der Waals surface area contributed by atoms with Crippen LogP contribution in [0.25, 0.3) is 0 Å². The lowest BCUT2D eigenvalue weighted by Crippen LogP contribution is -2.38. The number of benzene rings is 1. The Bertz CT molecular complexity index is 446. The fourth-order valence-corrected chi connectivity index (χ4v) is 1.94. The first-order valence-corrected chi connectivity index (χ1v) is 6.79. The maximum atomic E-state index is 2.32. The minimum absolute atomic E-state index is 0.560. The van der Waals surface area contributed by atoms with Crippen LogP contribution in [0.4, 0.5) is 0 Å². The maximum absolute atomic E-state index is 2.32. The molecule has 0 atom stereocenters. The van der Waals surface area contributed by atoms with E-state index in [2.05, 4.69) is 73.1 Å². The van der Waals surface area contributed by atoms with Gasteiger partial charge in [-0.15, -0.1) is 0 Å². The van der Waals surface area contributed by atoms with Gasteiger partial charge in [-0.3, -0.25) is 0 Å². The fraction of sp³-hybridized carbons (Fsp3) is 0.353. The van der Waals surface area contributed by atoms with Gasteiger partial charge in [0.05, 0.1) is 0 Å². The third-order valence-corrected chi connectivity index (χ3v) is 2.76. The van der Waals surface area contributed by atoms with Crippen molar-refractivity contribution in [3.63, 3.8) is 0 Å². The highest BCUT2D eigenvalue weighted by Gasteiger charge is 2.13. The lowest BCUT2D eigenvalue weighted by atomic mass is 10.1. The highest BCUT2D eigenvalue weighted by molar-refractivity contribution is 5.13. The van der Waals surface area contributed by atoms with Crippen LogP contribution in [0.15, 0.2) is 54.7 Å². The first-order valence-electron chi connectivity index (χ1n) is 6.79. The number of hydrogen-bond donors (Lipinski definition) is 0. The summed E-state index contributed by atoms with van der Waals surface area (Å²) in [6, 6.07) is 17.0. The molecule has 0 spiro atoms. The third kappa shape index (κ3) is 3.99. The molecular weight excluding hydrogens is 218 g/mol. The Balaban J connectivity index is 0.000000771. The van der Waals surface area contributed by atoms with Gasteiger partial charge >= 0.3 is 0 Å². The van der Waals surface area contributed by atoms with Crippen molar-refractivity contribution in [3.8, 4) is 0 Å². The predicted molar refractivity (Wildman–Crippen MR) is 77.6 cm³/mol. The van der Waals surface area contributed by atoms with Crippen molar-refractivity contribution in [1.29, 1.82) is 0 Å². The first-order chi connectivity index (χ1) is 8.77. The number of pyridine rings is 1. The van der Waals surface area contributed by atoms with Crippen molar-refractivity contribution in [2.24, 2.45) is 0 Å². The van der Waals surface area contributed by atoms with Crippen LogP contribution in [0.1, 0.15) is 44.9 Å². The van der Waals surface area contributed by atoms with Crippen LogP contribution < -0.4 is 4.57 Å². The van der Waals surface area contributed by atoms with Gasteiger partial charge in [0.25, 0.3) is 0 Å². The van der Waals surface area contributed by atoms with Gasteiger partial charge in [-0.05, 0) is 0 Å². The van der Waals surface area contributed by atoms with E-state index in [1.807, 2.05) is 13.8 Å². The summed E-state index contributed by atoms with van der Waals surface area (Å²) in [4.78, 5) is 0. The van der Waals surface area contributed by atoms with E-state index in [-0.39, 0.29) is 0 Å². The molecule has 1 heteroatoms. The van der Waals surface area contributed by atoms with Gasteiger partial charge in [0, 0.05) is 23.6 Å². The van der Waals surface area contributed by atoms with E-state index in [1.165, 1.54) is 11.3 Å². The van der Waals surface area contributed by atoms with Crippen LogP contribution in [0.2, 0.25) is 0 Å². The Labute approximate surface area is 111 Å². The summed E-state index contributed by atoms with van der Waals surface area (Å²) < 4.78 is 2.32. The topological polar surface area (TPSA) is 3.88 Å². The molecule has 0 aliphatic rings. The molecule has 1 aromatic heterocycles. The summed E-state index contributed by atoms with van der Waals surface area (Å²) >= 11 is 0. The largest absolute Gasteiger partial charge is 0.198 e. The lowest BCUT2D eigenvalue weighted by molar-refractivity contribution is -0.696. The summed E-state index contributed by atoms with van der Waals surface area (Å²) in [7, 11) is 0. The molecule has 1 heterocycles. The SMILES string of the molecule is CC.CC(C)c1cccc[n+]1Cc1ccccc1. The zero-order valence-corrected chi connectivity index (χ0v) is 11.9. The standard InChI is InChI=1S/C15H18N.C2H6/c1-13(2)15-10-6-7-11-16(15)12-14-8-4-3-5-9-14;1-2/h3-11,13H,12H2,1-2H3;1-2H3/q+1;. The van der Waals surface area contributed by atoms with E-state index in [4.69, 9.17) is 0 Å². The van der Waals surface area contributed by atoms with E-state index in [1.54, 1.807) is 0 Å². The highest BCUT2D eigenvalue weighted by Crippen LogP contribution is 2.09. The van der Waals surface area contributed by atoms with E-state index in [0.717, 1.165) is 6.54 Å².